The third-order valence-electron chi connectivity index (χ3n) is 5.61. The van der Waals surface area contributed by atoms with E-state index in [0.29, 0.717) is 0 Å². The molecule has 20 heavy (non-hydrogen) atoms. The van der Waals surface area contributed by atoms with Crippen molar-refractivity contribution in [2.75, 3.05) is 0 Å². The van der Waals surface area contributed by atoms with Crippen LogP contribution in [-0.2, 0) is 0 Å². The third kappa shape index (κ3) is 3.00. The maximum atomic E-state index is 2.66. The molecule has 2 saturated carbocycles. The zero-order valence-electron chi connectivity index (χ0n) is 13.2. The van der Waals surface area contributed by atoms with Crippen LogP contribution in [0.15, 0.2) is 36.4 Å². The van der Waals surface area contributed by atoms with Crippen molar-refractivity contribution in [1.29, 1.82) is 0 Å². The zero-order chi connectivity index (χ0) is 14.2. The molecule has 3 rings (SSSR count). The summed E-state index contributed by atoms with van der Waals surface area (Å²) in [5.74, 6) is 3.18. The Balaban J connectivity index is 1.68. The van der Waals surface area contributed by atoms with Gasteiger partial charge in [0.05, 0.1) is 0 Å². The first-order chi connectivity index (χ1) is 9.55. The molecule has 2 fully saturated rings. The predicted octanol–water partition coefficient (Wildman–Crippen LogP) is 5.84. The Morgan fingerprint density at radius 1 is 1.05 bits per heavy atom. The van der Waals surface area contributed by atoms with E-state index in [1.165, 1.54) is 18.4 Å². The Kier molecular flexibility index (Phi) is 4.31. The predicted molar refractivity (Wildman–Crippen MR) is 91.5 cm³/mol. The van der Waals surface area contributed by atoms with Crippen molar-refractivity contribution in [3.8, 4) is 0 Å². The monoisotopic (exact) mass is 376 g/mol. The molecule has 0 heterocycles. The number of fused-ring (bicyclic) bond motifs is 2. The van der Waals surface area contributed by atoms with E-state index < -0.39 is 18.4 Å². The number of rotatable bonds is 4. The average molecular weight is 375 g/mol. The van der Waals surface area contributed by atoms with Gasteiger partial charge in [-0.2, -0.15) is 0 Å². The third-order valence-corrected chi connectivity index (χ3v) is 13.9. The molecule has 0 unspecified atom stereocenters. The van der Waals surface area contributed by atoms with Crippen LogP contribution in [0.2, 0.25) is 18.8 Å². The molecule has 2 aliphatic carbocycles. The average Bonchev–Trinajstić information content (AvgIpc) is 2.99. The normalized spacial score (nSPS) is 33.1. The summed E-state index contributed by atoms with van der Waals surface area (Å²) in [6, 6.07) is 10.8. The van der Waals surface area contributed by atoms with E-state index >= 15 is 0 Å². The quantitative estimate of drug-likeness (QED) is 0.580. The van der Waals surface area contributed by atoms with Crippen LogP contribution in [0.1, 0.15) is 31.2 Å². The van der Waals surface area contributed by atoms with Gasteiger partial charge in [0.25, 0.3) is 0 Å². The SMILES string of the molecule is [CH3][Sn]([CH3])([CH3])[C@H]1[C@@H]2CC[C@@H](C2)[C@H]1C/C=C/c1ccccc1. The van der Waals surface area contributed by atoms with E-state index in [0.717, 1.165) is 21.7 Å². The van der Waals surface area contributed by atoms with E-state index in [2.05, 4.69) is 57.3 Å². The van der Waals surface area contributed by atoms with Crippen molar-refractivity contribution in [3.05, 3.63) is 42.0 Å². The summed E-state index contributed by atoms with van der Waals surface area (Å²) in [6.45, 7) is 0. The van der Waals surface area contributed by atoms with Crippen LogP contribution < -0.4 is 0 Å². The molecule has 0 radical (unpaired) electrons. The van der Waals surface area contributed by atoms with E-state index in [9.17, 15) is 0 Å². The van der Waals surface area contributed by atoms with Gasteiger partial charge in [-0.1, -0.05) is 0 Å². The Morgan fingerprint density at radius 3 is 2.45 bits per heavy atom. The van der Waals surface area contributed by atoms with Gasteiger partial charge in [0.15, 0.2) is 0 Å². The molecule has 0 aliphatic heterocycles. The number of hydrogen-bond donors (Lipinski definition) is 0. The first-order valence-electron chi connectivity index (χ1n) is 8.27. The maximum absolute atomic E-state index is 2.66. The molecule has 0 spiro atoms. The van der Waals surface area contributed by atoms with Gasteiger partial charge in [0.2, 0.25) is 0 Å². The van der Waals surface area contributed by atoms with Crippen LogP contribution in [0.25, 0.3) is 6.08 Å². The molecule has 2 aliphatic rings. The van der Waals surface area contributed by atoms with E-state index in [1.54, 1.807) is 12.8 Å². The molecule has 1 heteroatoms. The van der Waals surface area contributed by atoms with Crippen molar-refractivity contribution >= 4 is 24.5 Å². The van der Waals surface area contributed by atoms with E-state index in [-0.39, 0.29) is 0 Å². The van der Waals surface area contributed by atoms with Crippen LogP contribution in [-0.4, -0.2) is 18.4 Å². The van der Waals surface area contributed by atoms with Crippen molar-refractivity contribution in [1.82, 2.24) is 0 Å². The van der Waals surface area contributed by atoms with Gasteiger partial charge in [-0.05, 0) is 0 Å². The van der Waals surface area contributed by atoms with Crippen LogP contribution in [0, 0.1) is 17.8 Å². The molecular weight excluding hydrogens is 347 g/mol. The summed E-state index contributed by atoms with van der Waals surface area (Å²) >= 11 is -1.76. The summed E-state index contributed by atoms with van der Waals surface area (Å²) in [6.07, 6.45) is 10.7. The van der Waals surface area contributed by atoms with Crippen molar-refractivity contribution in [2.45, 2.75) is 44.4 Å². The Bertz CT molecular complexity index is 468. The molecule has 0 aromatic heterocycles. The van der Waals surface area contributed by atoms with Gasteiger partial charge in [-0.3, -0.25) is 0 Å². The standard InChI is InChI=1S/C16H19.3CH3.Sn/c1-2-5-13(6-3-1)7-4-8-15-11-14-9-10-16(15)12-14;;;;/h1-7,11,14-16H,8-10,12H2;3*1H3;/b7-4+;;;;/t14-,15-,16-;;;;/m0..../s1. The molecule has 1 aromatic rings. The van der Waals surface area contributed by atoms with Gasteiger partial charge >= 0.3 is 129 Å². The first kappa shape index (κ1) is 14.7. The fourth-order valence-electron chi connectivity index (χ4n) is 5.02. The minimum absolute atomic E-state index is 1.02. The molecule has 0 amide bonds. The van der Waals surface area contributed by atoms with Crippen LogP contribution in [0.3, 0.4) is 0 Å². The van der Waals surface area contributed by atoms with Crippen molar-refractivity contribution in [2.24, 2.45) is 17.8 Å². The van der Waals surface area contributed by atoms with Crippen molar-refractivity contribution in [3.63, 3.8) is 0 Å². The summed E-state index contributed by atoms with van der Waals surface area (Å²) in [4.78, 5) is 7.98. The second-order valence-electron chi connectivity index (χ2n) is 7.94. The van der Waals surface area contributed by atoms with Gasteiger partial charge < -0.3 is 0 Å². The number of benzene rings is 1. The molecule has 0 nitrogen and oxygen atoms in total. The van der Waals surface area contributed by atoms with Crippen LogP contribution >= 0.6 is 0 Å². The van der Waals surface area contributed by atoms with Crippen LogP contribution in [0.5, 0.6) is 0 Å². The molecule has 2 bridgehead atoms. The van der Waals surface area contributed by atoms with Gasteiger partial charge in [0, 0.05) is 0 Å². The molecule has 1 aromatic carbocycles. The first-order valence-corrected chi connectivity index (χ1v) is 18.5. The topological polar surface area (TPSA) is 0 Å². The summed E-state index contributed by atoms with van der Waals surface area (Å²) in [5.41, 5.74) is 1.35. The molecule has 4 atom stereocenters. The molecular formula is C19H28Sn. The van der Waals surface area contributed by atoms with E-state index in [4.69, 9.17) is 0 Å². The fourth-order valence-corrected chi connectivity index (χ4v) is 14.8. The molecule has 0 saturated heterocycles. The van der Waals surface area contributed by atoms with E-state index in [1.807, 2.05) is 0 Å². The van der Waals surface area contributed by atoms with Gasteiger partial charge in [0.1, 0.15) is 0 Å². The Hall–Kier alpha value is -0.241. The zero-order valence-corrected chi connectivity index (χ0v) is 16.0. The minimum atomic E-state index is -1.76. The summed E-state index contributed by atoms with van der Waals surface area (Å²) in [7, 11) is 0. The number of allylic oxidation sites excluding steroid dienone is 1. The molecule has 108 valence electrons. The van der Waals surface area contributed by atoms with Gasteiger partial charge in [-0.15, -0.1) is 0 Å². The Labute approximate surface area is 128 Å². The fraction of sp³-hybridized carbons (Fsp3) is 0.579. The Morgan fingerprint density at radius 2 is 1.75 bits per heavy atom. The van der Waals surface area contributed by atoms with Crippen LogP contribution in [0.4, 0.5) is 0 Å². The van der Waals surface area contributed by atoms with Gasteiger partial charge in [-0.25, -0.2) is 0 Å². The summed E-state index contributed by atoms with van der Waals surface area (Å²) in [5, 5.41) is 0. The second kappa shape index (κ2) is 5.87. The van der Waals surface area contributed by atoms with Crippen molar-refractivity contribution < 1.29 is 0 Å². The summed E-state index contributed by atoms with van der Waals surface area (Å²) < 4.78 is 1.14. The second-order valence-corrected chi connectivity index (χ2v) is 23.3. The molecule has 0 N–H and O–H groups in total. The number of hydrogen-bond acceptors (Lipinski definition) is 0.